The molecule has 2 aromatic rings. The lowest BCUT2D eigenvalue weighted by Crippen LogP contribution is -2.15. The lowest BCUT2D eigenvalue weighted by atomic mass is 10.2. The Morgan fingerprint density at radius 1 is 1.05 bits per heavy atom. The van der Waals surface area contributed by atoms with Crippen LogP contribution in [-0.2, 0) is 5.75 Å². The van der Waals surface area contributed by atoms with Crippen LogP contribution >= 0.6 is 35.0 Å². The molecule has 1 aliphatic heterocycles. The van der Waals surface area contributed by atoms with Crippen LogP contribution in [0.5, 0.6) is 11.5 Å². The van der Waals surface area contributed by atoms with E-state index in [9.17, 15) is 0 Å². The fourth-order valence-electron chi connectivity index (χ4n) is 2.01. The van der Waals surface area contributed by atoms with E-state index in [1.54, 1.807) is 17.8 Å². The van der Waals surface area contributed by atoms with Gasteiger partial charge in [0, 0.05) is 10.6 Å². The van der Waals surface area contributed by atoms with E-state index in [1.807, 2.05) is 24.3 Å². The van der Waals surface area contributed by atoms with Crippen LogP contribution in [0, 0.1) is 0 Å². The molecule has 1 aliphatic rings. The second-order valence-corrected chi connectivity index (χ2v) is 6.44. The number of nitrogen functional groups attached to an aromatic ring is 1. The molecule has 0 aliphatic carbocycles. The number of nitrogens with two attached hydrogens (primary N) is 1. The summed E-state index contributed by atoms with van der Waals surface area (Å²) >= 11 is 13.9. The molecule has 110 valence electrons. The Balaban J connectivity index is 1.76. The number of fused-ring (bicyclic) bond motifs is 1. The van der Waals surface area contributed by atoms with E-state index >= 15 is 0 Å². The van der Waals surface area contributed by atoms with Crippen molar-refractivity contribution < 1.29 is 9.47 Å². The molecule has 0 saturated heterocycles. The predicted molar refractivity (Wildman–Crippen MR) is 87.9 cm³/mol. The van der Waals surface area contributed by atoms with Crippen molar-refractivity contribution in [3.8, 4) is 11.5 Å². The topological polar surface area (TPSA) is 44.5 Å². The van der Waals surface area contributed by atoms with Gasteiger partial charge in [-0.3, -0.25) is 0 Å². The minimum atomic E-state index is 0.532. The van der Waals surface area contributed by atoms with Gasteiger partial charge >= 0.3 is 0 Å². The van der Waals surface area contributed by atoms with E-state index in [2.05, 4.69) is 0 Å². The molecule has 0 aromatic heterocycles. The first kappa shape index (κ1) is 14.7. The second-order valence-electron chi connectivity index (χ2n) is 4.57. The predicted octanol–water partition coefficient (Wildman–Crippen LogP) is 4.64. The number of benzene rings is 2. The average molecular weight is 342 g/mol. The van der Waals surface area contributed by atoms with E-state index < -0.39 is 0 Å². The van der Waals surface area contributed by atoms with Crippen molar-refractivity contribution >= 4 is 40.7 Å². The van der Waals surface area contributed by atoms with Crippen molar-refractivity contribution in [2.75, 3.05) is 18.9 Å². The first-order valence-electron chi connectivity index (χ1n) is 6.39. The first-order chi connectivity index (χ1) is 10.1. The Morgan fingerprint density at radius 2 is 1.86 bits per heavy atom. The number of anilines is 1. The van der Waals surface area contributed by atoms with Gasteiger partial charge in [0.1, 0.15) is 13.2 Å². The van der Waals surface area contributed by atoms with Crippen LogP contribution in [-0.4, -0.2) is 13.2 Å². The minimum absolute atomic E-state index is 0.532. The molecular formula is C15H13Cl2NO2S. The Bertz CT molecular complexity index is 679. The summed E-state index contributed by atoms with van der Waals surface area (Å²) in [5.74, 6) is 2.10. The number of hydrogen-bond donors (Lipinski definition) is 1. The Hall–Kier alpha value is -1.23. The first-order valence-corrected chi connectivity index (χ1v) is 8.13. The molecule has 21 heavy (non-hydrogen) atoms. The van der Waals surface area contributed by atoms with Crippen LogP contribution in [0.25, 0.3) is 0 Å². The van der Waals surface area contributed by atoms with Gasteiger partial charge in [-0.25, -0.2) is 0 Å². The van der Waals surface area contributed by atoms with Crippen molar-refractivity contribution in [3.05, 3.63) is 45.9 Å². The smallest absolute Gasteiger partial charge is 0.179 e. The molecule has 0 amide bonds. The zero-order valence-electron chi connectivity index (χ0n) is 11.1. The molecular weight excluding hydrogens is 329 g/mol. The van der Waals surface area contributed by atoms with Crippen molar-refractivity contribution in [1.29, 1.82) is 0 Å². The summed E-state index contributed by atoms with van der Waals surface area (Å²) in [5.41, 5.74) is 7.36. The summed E-state index contributed by atoms with van der Waals surface area (Å²) < 4.78 is 11.1. The Labute approximate surface area is 137 Å². The van der Waals surface area contributed by atoms with Crippen LogP contribution in [0.1, 0.15) is 5.56 Å². The number of ether oxygens (including phenoxy) is 2. The summed E-state index contributed by atoms with van der Waals surface area (Å²) in [5, 5.41) is 1.15. The van der Waals surface area contributed by atoms with Crippen LogP contribution in [0.4, 0.5) is 5.69 Å². The number of halogens is 2. The molecule has 0 unspecified atom stereocenters. The normalized spacial score (nSPS) is 13.2. The fourth-order valence-corrected chi connectivity index (χ4v) is 3.41. The number of thioether (sulfide) groups is 1. The van der Waals surface area contributed by atoms with Gasteiger partial charge in [0.2, 0.25) is 0 Å². The maximum absolute atomic E-state index is 6.22. The molecule has 1 heterocycles. The summed E-state index contributed by atoms with van der Waals surface area (Å²) in [7, 11) is 0. The average Bonchev–Trinajstić information content (AvgIpc) is 2.49. The molecule has 6 heteroatoms. The third-order valence-corrected chi connectivity index (χ3v) is 4.71. The monoisotopic (exact) mass is 341 g/mol. The molecule has 0 spiro atoms. The van der Waals surface area contributed by atoms with Gasteiger partial charge in [-0.2, -0.15) is 0 Å². The van der Waals surface area contributed by atoms with Crippen molar-refractivity contribution in [3.63, 3.8) is 0 Å². The highest BCUT2D eigenvalue weighted by Crippen LogP contribution is 2.39. The van der Waals surface area contributed by atoms with E-state index in [-0.39, 0.29) is 0 Å². The van der Waals surface area contributed by atoms with Crippen molar-refractivity contribution in [1.82, 2.24) is 0 Å². The highest BCUT2D eigenvalue weighted by molar-refractivity contribution is 7.98. The highest BCUT2D eigenvalue weighted by atomic mass is 35.5. The third-order valence-electron chi connectivity index (χ3n) is 3.03. The van der Waals surface area contributed by atoms with Crippen LogP contribution in [0.15, 0.2) is 35.2 Å². The largest absolute Gasteiger partial charge is 0.486 e. The quantitative estimate of drug-likeness (QED) is 0.652. The van der Waals surface area contributed by atoms with E-state index in [4.69, 9.17) is 38.4 Å². The van der Waals surface area contributed by atoms with Crippen LogP contribution < -0.4 is 15.2 Å². The summed E-state index contributed by atoms with van der Waals surface area (Å²) in [6.45, 7) is 1.08. The van der Waals surface area contributed by atoms with Crippen molar-refractivity contribution in [2.45, 2.75) is 10.6 Å². The fraction of sp³-hybridized carbons (Fsp3) is 0.200. The second kappa shape index (κ2) is 6.26. The maximum Gasteiger partial charge on any atom is 0.179 e. The summed E-state index contributed by atoms with van der Waals surface area (Å²) in [4.78, 5) is 1.06. The maximum atomic E-state index is 6.22. The molecule has 0 fully saturated rings. The lowest BCUT2D eigenvalue weighted by Gasteiger charge is -2.20. The van der Waals surface area contributed by atoms with Gasteiger partial charge in [0.15, 0.2) is 11.5 Å². The molecule has 0 atom stereocenters. The van der Waals surface area contributed by atoms with Gasteiger partial charge in [-0.15, -0.1) is 11.8 Å². The van der Waals surface area contributed by atoms with Crippen LogP contribution in [0.3, 0.4) is 0 Å². The zero-order valence-corrected chi connectivity index (χ0v) is 13.4. The zero-order chi connectivity index (χ0) is 14.8. The highest BCUT2D eigenvalue weighted by Gasteiger charge is 2.16. The molecule has 2 N–H and O–H groups in total. The Morgan fingerprint density at radius 3 is 2.67 bits per heavy atom. The third kappa shape index (κ3) is 3.34. The van der Waals surface area contributed by atoms with Gasteiger partial charge in [0.05, 0.1) is 15.7 Å². The van der Waals surface area contributed by atoms with Gasteiger partial charge in [0.25, 0.3) is 0 Å². The minimum Gasteiger partial charge on any atom is -0.486 e. The summed E-state index contributed by atoms with van der Waals surface area (Å²) in [6.07, 6.45) is 0. The molecule has 2 aromatic carbocycles. The summed E-state index contributed by atoms with van der Waals surface area (Å²) in [6, 6.07) is 9.49. The SMILES string of the molecule is Nc1ccc(SCc2cc(Cl)c3c(c2)OCCO3)cc1Cl. The van der Waals surface area contributed by atoms with Crippen LogP contribution in [0.2, 0.25) is 10.0 Å². The number of hydrogen-bond acceptors (Lipinski definition) is 4. The van der Waals surface area contributed by atoms with Gasteiger partial charge in [-0.05, 0) is 35.9 Å². The molecule has 0 bridgehead atoms. The lowest BCUT2D eigenvalue weighted by molar-refractivity contribution is 0.171. The van der Waals surface area contributed by atoms with Gasteiger partial charge < -0.3 is 15.2 Å². The standard InChI is InChI=1S/C15H13Cl2NO2S/c16-11-7-10(1-2-13(11)18)21-8-9-5-12(17)15-14(6-9)19-3-4-20-15/h1-2,5-7H,3-4,8,18H2. The molecule has 3 rings (SSSR count). The van der Waals surface area contributed by atoms with E-state index in [0.29, 0.717) is 40.4 Å². The van der Waals surface area contributed by atoms with E-state index in [0.717, 1.165) is 16.2 Å². The number of rotatable bonds is 3. The van der Waals surface area contributed by atoms with Crippen molar-refractivity contribution in [2.24, 2.45) is 0 Å². The van der Waals surface area contributed by atoms with Gasteiger partial charge in [-0.1, -0.05) is 23.2 Å². The molecule has 0 radical (unpaired) electrons. The van der Waals surface area contributed by atoms with E-state index in [1.165, 1.54) is 0 Å². The Kier molecular flexibility index (Phi) is 4.38. The molecule has 0 saturated carbocycles. The molecule has 3 nitrogen and oxygen atoms in total.